The van der Waals surface area contributed by atoms with Crippen LogP contribution >= 0.6 is 0 Å². The number of ether oxygens (including phenoxy) is 1. The van der Waals surface area contributed by atoms with Crippen LogP contribution in [0.1, 0.15) is 24.5 Å². The number of anilines is 1. The van der Waals surface area contributed by atoms with Crippen LogP contribution in [0, 0.1) is 13.8 Å². The molecule has 34 heavy (non-hydrogen) atoms. The Hall–Kier alpha value is -2.63. The predicted molar refractivity (Wildman–Crippen MR) is 133 cm³/mol. The van der Waals surface area contributed by atoms with Crippen molar-refractivity contribution in [1.29, 1.82) is 0 Å². The number of sulfonamides is 2. The number of rotatable bonds is 11. The van der Waals surface area contributed by atoms with Gasteiger partial charge in [-0.15, -0.1) is 0 Å². The molecule has 2 aromatic rings. The Bertz CT molecular complexity index is 1210. The van der Waals surface area contributed by atoms with Crippen LogP contribution in [-0.4, -0.2) is 66.6 Å². The summed E-state index contributed by atoms with van der Waals surface area (Å²) in [5.74, 6) is 0.0250. The van der Waals surface area contributed by atoms with Crippen molar-refractivity contribution in [3.8, 4) is 5.75 Å². The Morgan fingerprint density at radius 3 is 2.18 bits per heavy atom. The maximum absolute atomic E-state index is 12.9. The van der Waals surface area contributed by atoms with Gasteiger partial charge in [-0.2, -0.15) is 0 Å². The number of aryl methyl sites for hydroxylation is 2. The first-order valence-corrected chi connectivity index (χ1v) is 14.1. The van der Waals surface area contributed by atoms with Crippen LogP contribution in [0.2, 0.25) is 0 Å². The van der Waals surface area contributed by atoms with Gasteiger partial charge in [0.05, 0.1) is 23.4 Å². The molecule has 0 aliphatic rings. The summed E-state index contributed by atoms with van der Waals surface area (Å²) in [5, 5.41) is 2.74. The van der Waals surface area contributed by atoms with Crippen molar-refractivity contribution < 1.29 is 26.4 Å². The lowest BCUT2D eigenvalue weighted by Gasteiger charge is -2.31. The third kappa shape index (κ3) is 6.71. The largest absolute Gasteiger partial charge is 0.492 e. The predicted octanol–water partition coefficient (Wildman–Crippen LogP) is 2.29. The molecule has 188 valence electrons. The van der Waals surface area contributed by atoms with E-state index in [0.29, 0.717) is 11.4 Å². The van der Waals surface area contributed by atoms with Crippen molar-refractivity contribution in [3.63, 3.8) is 0 Å². The van der Waals surface area contributed by atoms with Crippen LogP contribution < -0.4 is 14.4 Å². The number of nitrogens with zero attached hydrogens (tertiary/aromatic N) is 2. The Balaban J connectivity index is 2.05. The lowest BCUT2D eigenvalue weighted by molar-refractivity contribution is -0.122. The Kier molecular flexibility index (Phi) is 9.09. The fourth-order valence-corrected chi connectivity index (χ4v) is 5.53. The van der Waals surface area contributed by atoms with E-state index in [1.165, 1.54) is 30.5 Å². The molecule has 0 saturated carbocycles. The third-order valence-electron chi connectivity index (χ3n) is 5.20. The molecule has 0 aliphatic carbocycles. The van der Waals surface area contributed by atoms with Gasteiger partial charge in [-0.3, -0.25) is 9.10 Å². The highest BCUT2D eigenvalue weighted by atomic mass is 32.2. The highest BCUT2D eigenvalue weighted by molar-refractivity contribution is 7.92. The van der Waals surface area contributed by atoms with Crippen LogP contribution in [0.4, 0.5) is 5.69 Å². The monoisotopic (exact) mass is 511 g/mol. The summed E-state index contributed by atoms with van der Waals surface area (Å²) in [7, 11) is -4.33. The van der Waals surface area contributed by atoms with Crippen molar-refractivity contribution in [2.45, 2.75) is 38.1 Å². The van der Waals surface area contributed by atoms with Gasteiger partial charge in [0, 0.05) is 14.1 Å². The molecule has 0 heterocycles. The molecule has 1 N–H and O–H groups in total. The molecule has 2 aromatic carbocycles. The van der Waals surface area contributed by atoms with Crippen molar-refractivity contribution in [2.75, 3.05) is 37.8 Å². The first-order chi connectivity index (χ1) is 15.8. The van der Waals surface area contributed by atoms with Crippen LogP contribution in [0.5, 0.6) is 5.75 Å². The Morgan fingerprint density at radius 2 is 1.65 bits per heavy atom. The molecular weight excluding hydrogens is 478 g/mol. The van der Waals surface area contributed by atoms with Crippen molar-refractivity contribution in [2.24, 2.45) is 0 Å². The lowest BCUT2D eigenvalue weighted by Crippen LogP contribution is -2.50. The number of carbonyl (C=O) groups is 1. The normalized spacial score (nSPS) is 12.9. The number of benzene rings is 2. The van der Waals surface area contributed by atoms with E-state index in [0.717, 1.165) is 21.7 Å². The van der Waals surface area contributed by atoms with Crippen LogP contribution in [-0.2, 0) is 24.8 Å². The molecule has 1 amide bonds. The zero-order valence-corrected chi connectivity index (χ0v) is 22.0. The minimum absolute atomic E-state index is 0.129. The van der Waals surface area contributed by atoms with Gasteiger partial charge in [-0.05, 0) is 61.7 Å². The van der Waals surface area contributed by atoms with E-state index >= 15 is 0 Å². The molecule has 1 unspecified atom stereocenters. The zero-order valence-electron chi connectivity index (χ0n) is 20.4. The minimum Gasteiger partial charge on any atom is -0.492 e. The van der Waals surface area contributed by atoms with Gasteiger partial charge in [0.1, 0.15) is 18.4 Å². The van der Waals surface area contributed by atoms with E-state index < -0.39 is 32.0 Å². The van der Waals surface area contributed by atoms with E-state index in [2.05, 4.69) is 5.32 Å². The summed E-state index contributed by atoms with van der Waals surface area (Å²) in [5.41, 5.74) is 2.13. The second-order valence-corrected chi connectivity index (χ2v) is 12.2. The zero-order chi connectivity index (χ0) is 25.7. The average molecular weight is 512 g/mol. The van der Waals surface area contributed by atoms with Gasteiger partial charge in [0.2, 0.25) is 26.0 Å². The number of hydrogen-bond donors (Lipinski definition) is 1. The molecule has 0 aromatic heterocycles. The molecule has 0 spiro atoms. The molecule has 2 rings (SSSR count). The Morgan fingerprint density at radius 1 is 1.03 bits per heavy atom. The number of hydrogen-bond acceptors (Lipinski definition) is 6. The summed E-state index contributed by atoms with van der Waals surface area (Å²) in [6.45, 7) is 5.71. The van der Waals surface area contributed by atoms with Crippen molar-refractivity contribution in [1.82, 2.24) is 9.62 Å². The molecule has 0 radical (unpaired) electrons. The van der Waals surface area contributed by atoms with Gasteiger partial charge < -0.3 is 10.1 Å². The maximum atomic E-state index is 12.9. The van der Waals surface area contributed by atoms with E-state index in [1.807, 2.05) is 19.1 Å². The van der Waals surface area contributed by atoms with Gasteiger partial charge in [0.15, 0.2) is 0 Å². The summed E-state index contributed by atoms with van der Waals surface area (Å²) in [6, 6.07) is 10.5. The summed E-state index contributed by atoms with van der Waals surface area (Å²) in [4.78, 5) is 13.1. The second kappa shape index (κ2) is 11.2. The smallest absolute Gasteiger partial charge is 0.244 e. The molecule has 11 heteroatoms. The topological polar surface area (TPSA) is 113 Å². The third-order valence-corrected chi connectivity index (χ3v) is 8.20. The van der Waals surface area contributed by atoms with E-state index in [4.69, 9.17) is 4.74 Å². The molecule has 9 nitrogen and oxygen atoms in total. The number of amides is 1. The molecule has 1 atom stereocenters. The summed E-state index contributed by atoms with van der Waals surface area (Å²) in [6.07, 6.45) is 1.38. The molecule has 0 aliphatic heterocycles. The molecule has 0 saturated heterocycles. The number of carbonyl (C=O) groups excluding carboxylic acids is 1. The van der Waals surface area contributed by atoms with Gasteiger partial charge >= 0.3 is 0 Å². The molecular formula is C23H33N3O6S2. The van der Waals surface area contributed by atoms with Crippen molar-refractivity contribution in [3.05, 3.63) is 53.6 Å². The summed E-state index contributed by atoms with van der Waals surface area (Å²) >= 11 is 0. The summed E-state index contributed by atoms with van der Waals surface area (Å²) < 4.78 is 57.4. The average Bonchev–Trinajstić information content (AvgIpc) is 2.76. The minimum atomic E-state index is -3.72. The first-order valence-electron chi connectivity index (χ1n) is 10.8. The van der Waals surface area contributed by atoms with Gasteiger partial charge in [-0.25, -0.2) is 21.1 Å². The van der Waals surface area contributed by atoms with E-state index in [9.17, 15) is 21.6 Å². The SMILES string of the molecule is CCC(C(=O)NCCOc1ccc(S(=O)(=O)N(C)C)cc1)N(c1cc(C)ccc1C)S(C)(=O)=O. The second-order valence-electron chi connectivity index (χ2n) is 8.17. The van der Waals surface area contributed by atoms with E-state index in [1.54, 1.807) is 32.0 Å². The standard InChI is InChI=1S/C23H33N3O6S2/c1-7-21(26(33(6,28)29)22-16-17(2)8-9-18(22)3)23(27)24-14-15-32-19-10-12-20(13-11-19)34(30,31)25(4)5/h8-13,16,21H,7,14-15H2,1-6H3,(H,24,27). The molecule has 0 bridgehead atoms. The highest BCUT2D eigenvalue weighted by Crippen LogP contribution is 2.27. The van der Waals surface area contributed by atoms with Crippen LogP contribution in [0.3, 0.4) is 0 Å². The fourth-order valence-electron chi connectivity index (χ4n) is 3.37. The highest BCUT2D eigenvalue weighted by Gasteiger charge is 2.32. The van der Waals surface area contributed by atoms with Gasteiger partial charge in [-0.1, -0.05) is 19.1 Å². The maximum Gasteiger partial charge on any atom is 0.244 e. The fraction of sp³-hybridized carbons (Fsp3) is 0.435. The first kappa shape index (κ1) is 27.6. The Labute approximate surface area is 202 Å². The number of nitrogens with one attached hydrogen (secondary N) is 1. The molecule has 0 fully saturated rings. The van der Waals surface area contributed by atoms with Gasteiger partial charge in [0.25, 0.3) is 0 Å². The van der Waals surface area contributed by atoms with Crippen molar-refractivity contribution >= 4 is 31.6 Å². The lowest BCUT2D eigenvalue weighted by atomic mass is 10.1. The van der Waals surface area contributed by atoms with E-state index in [-0.39, 0.29) is 24.5 Å². The van der Waals surface area contributed by atoms with Crippen LogP contribution in [0.15, 0.2) is 47.4 Å². The quantitative estimate of drug-likeness (QED) is 0.463. The van der Waals surface area contributed by atoms with Crippen LogP contribution in [0.25, 0.3) is 0 Å².